The second kappa shape index (κ2) is 30.6. The van der Waals surface area contributed by atoms with Crippen molar-refractivity contribution in [1.82, 2.24) is 0 Å². The molecule has 0 aliphatic carbocycles. The molecule has 0 unspecified atom stereocenters. The quantitative estimate of drug-likeness (QED) is 0.0255. The van der Waals surface area contributed by atoms with Gasteiger partial charge in [0.2, 0.25) is 0 Å². The van der Waals surface area contributed by atoms with Crippen molar-refractivity contribution < 1.29 is 37.9 Å². The first-order valence-corrected chi connectivity index (χ1v) is 18.7. The van der Waals surface area contributed by atoms with Crippen molar-refractivity contribution >= 4 is 19.8 Å². The molecule has 8 nitrogen and oxygen atoms in total. The largest absolute Gasteiger partial charge is 0.469 e. The molecule has 43 heavy (non-hydrogen) atoms. The first kappa shape index (κ1) is 41.5. The van der Waals surface area contributed by atoms with Crippen LogP contribution in [-0.2, 0) is 28.2 Å². The first-order valence-electron chi connectivity index (χ1n) is 17.2. The van der Waals surface area contributed by atoms with Gasteiger partial charge in [-0.2, -0.15) is 0 Å². The van der Waals surface area contributed by atoms with Crippen LogP contribution in [0.3, 0.4) is 0 Å². The van der Waals surface area contributed by atoms with Crippen molar-refractivity contribution in [2.24, 2.45) is 0 Å². The zero-order valence-electron chi connectivity index (χ0n) is 27.4. The van der Waals surface area contributed by atoms with Crippen LogP contribution in [0.15, 0.2) is 24.3 Å². The molecule has 2 N–H and O–H groups in total. The fourth-order valence-electron chi connectivity index (χ4n) is 4.76. The number of ether oxygens (including phenoxy) is 2. The van der Waals surface area contributed by atoms with Crippen LogP contribution in [0.2, 0.25) is 0 Å². The number of hydrogen-bond donors (Lipinski definition) is 2. The Morgan fingerprint density at radius 2 is 1.12 bits per heavy atom. The second-order valence-corrected chi connectivity index (χ2v) is 12.8. The van der Waals surface area contributed by atoms with Gasteiger partial charge in [-0.15, -0.1) is 0 Å². The van der Waals surface area contributed by atoms with Crippen molar-refractivity contribution in [3.63, 3.8) is 0 Å². The Morgan fingerprint density at radius 1 is 0.651 bits per heavy atom. The van der Waals surface area contributed by atoms with E-state index in [4.69, 9.17) is 19.3 Å². The summed E-state index contributed by atoms with van der Waals surface area (Å²) in [5, 5.41) is 0. The van der Waals surface area contributed by atoms with Gasteiger partial charge in [-0.25, -0.2) is 9.36 Å². The molecule has 0 aliphatic rings. The highest BCUT2D eigenvalue weighted by atomic mass is 31.2. The lowest BCUT2D eigenvalue weighted by Gasteiger charge is -2.18. The standard InChI is InChI=1S/C34H63O8P/c1-3-5-7-9-11-13-15-16-17-18-19-21-22-24-26-28-33(35)40-30-32(31-41-43(37,38)39)42-34(36)29-27-25-23-20-14-12-10-8-6-4-2/h22,24,26,28,32H,3-21,23,25,27,29-31H2,1-2H3,(H2,37,38,39)/b24-22+,28-26+/t32-/m1/s1. The lowest BCUT2D eigenvalue weighted by molar-refractivity contribution is -0.159. The van der Waals surface area contributed by atoms with Crippen molar-refractivity contribution in [1.29, 1.82) is 0 Å². The average molecular weight is 631 g/mol. The van der Waals surface area contributed by atoms with Gasteiger partial charge in [0, 0.05) is 12.5 Å². The van der Waals surface area contributed by atoms with Crippen molar-refractivity contribution in [3.8, 4) is 0 Å². The molecule has 0 fully saturated rings. The van der Waals surface area contributed by atoms with Gasteiger partial charge in [0.05, 0.1) is 6.61 Å². The van der Waals surface area contributed by atoms with Gasteiger partial charge in [0.15, 0.2) is 6.10 Å². The molecule has 0 radical (unpaired) electrons. The molecule has 0 rings (SSSR count). The third kappa shape index (κ3) is 33.3. The van der Waals surface area contributed by atoms with E-state index in [1.165, 1.54) is 109 Å². The number of carbonyl (C=O) groups is 2. The number of phosphoric acid groups is 1. The number of rotatable bonds is 31. The predicted molar refractivity (Wildman–Crippen MR) is 175 cm³/mol. The molecule has 0 aromatic rings. The maximum Gasteiger partial charge on any atom is 0.469 e. The van der Waals surface area contributed by atoms with Crippen LogP contribution in [0, 0.1) is 0 Å². The molecule has 0 aromatic heterocycles. The third-order valence-corrected chi connectivity index (χ3v) is 7.81. The molecule has 1 atom stereocenters. The predicted octanol–water partition coefficient (Wildman–Crippen LogP) is 9.68. The minimum atomic E-state index is -4.76. The van der Waals surface area contributed by atoms with Gasteiger partial charge < -0.3 is 19.3 Å². The van der Waals surface area contributed by atoms with E-state index in [-0.39, 0.29) is 13.0 Å². The maximum absolute atomic E-state index is 12.3. The van der Waals surface area contributed by atoms with Gasteiger partial charge in [-0.3, -0.25) is 9.32 Å². The fraction of sp³-hybridized carbons (Fsp3) is 0.824. The zero-order valence-corrected chi connectivity index (χ0v) is 28.2. The van der Waals surface area contributed by atoms with E-state index in [0.717, 1.165) is 32.1 Å². The van der Waals surface area contributed by atoms with Crippen molar-refractivity contribution in [3.05, 3.63) is 24.3 Å². The molecule has 252 valence electrons. The van der Waals surface area contributed by atoms with Crippen molar-refractivity contribution in [2.45, 2.75) is 168 Å². The fourth-order valence-corrected chi connectivity index (χ4v) is 5.12. The highest BCUT2D eigenvalue weighted by Crippen LogP contribution is 2.35. The summed E-state index contributed by atoms with van der Waals surface area (Å²) in [7, 11) is -4.76. The summed E-state index contributed by atoms with van der Waals surface area (Å²) in [6.07, 6.45) is 32.5. The Labute approximate surface area is 262 Å². The molecule has 0 saturated carbocycles. The second-order valence-electron chi connectivity index (χ2n) is 11.6. The van der Waals surface area contributed by atoms with E-state index in [2.05, 4.69) is 18.4 Å². The number of esters is 2. The summed E-state index contributed by atoms with van der Waals surface area (Å²) in [4.78, 5) is 42.3. The minimum absolute atomic E-state index is 0.195. The minimum Gasteiger partial charge on any atom is -0.458 e. The van der Waals surface area contributed by atoms with Crippen LogP contribution in [0.1, 0.15) is 162 Å². The Balaban J connectivity index is 4.10. The molecular formula is C34H63O8P. The molecule has 0 spiro atoms. The monoisotopic (exact) mass is 630 g/mol. The van der Waals surface area contributed by atoms with E-state index < -0.39 is 32.5 Å². The van der Waals surface area contributed by atoms with Gasteiger partial charge in [-0.05, 0) is 19.3 Å². The lowest BCUT2D eigenvalue weighted by Crippen LogP contribution is -2.29. The van der Waals surface area contributed by atoms with Gasteiger partial charge in [0.25, 0.3) is 0 Å². The number of allylic oxidation sites excluding steroid dienone is 3. The smallest absolute Gasteiger partial charge is 0.458 e. The SMILES string of the molecule is CCCCCCCCCCCCC/C=C/C=C/C(=O)OC[C@H](COP(=O)(O)O)OC(=O)CCCCCCCCCCCC. The molecule has 9 heteroatoms. The van der Waals surface area contributed by atoms with E-state index in [0.29, 0.717) is 6.42 Å². The number of unbranched alkanes of at least 4 members (excludes halogenated alkanes) is 20. The van der Waals surface area contributed by atoms with E-state index in [1.807, 2.05) is 6.08 Å². The van der Waals surface area contributed by atoms with Crippen LogP contribution in [0.25, 0.3) is 0 Å². The molecule has 0 aromatic carbocycles. The summed E-state index contributed by atoms with van der Waals surface area (Å²) < 4.78 is 26.0. The van der Waals surface area contributed by atoms with Gasteiger partial charge in [0.1, 0.15) is 6.61 Å². The number of carbonyl (C=O) groups excluding carboxylic acids is 2. The Hall–Kier alpha value is -1.47. The average Bonchev–Trinajstić information content (AvgIpc) is 2.97. The first-order chi connectivity index (χ1) is 20.8. The molecule has 0 saturated heterocycles. The topological polar surface area (TPSA) is 119 Å². The van der Waals surface area contributed by atoms with Crippen molar-refractivity contribution in [2.75, 3.05) is 13.2 Å². The Morgan fingerprint density at radius 3 is 1.60 bits per heavy atom. The van der Waals surface area contributed by atoms with Crippen LogP contribution in [-0.4, -0.2) is 41.0 Å². The molecule has 0 heterocycles. The number of hydrogen-bond acceptors (Lipinski definition) is 6. The third-order valence-electron chi connectivity index (χ3n) is 7.33. The summed E-state index contributed by atoms with van der Waals surface area (Å²) >= 11 is 0. The normalized spacial score (nSPS) is 12.7. The maximum atomic E-state index is 12.3. The molecular weight excluding hydrogens is 567 g/mol. The van der Waals surface area contributed by atoms with E-state index >= 15 is 0 Å². The zero-order chi connectivity index (χ0) is 31.9. The van der Waals surface area contributed by atoms with Gasteiger partial charge >= 0.3 is 19.8 Å². The van der Waals surface area contributed by atoms with E-state index in [9.17, 15) is 14.2 Å². The highest BCUT2D eigenvalue weighted by molar-refractivity contribution is 7.46. The van der Waals surface area contributed by atoms with Crippen LogP contribution >= 0.6 is 7.82 Å². The highest BCUT2D eigenvalue weighted by Gasteiger charge is 2.22. The summed E-state index contributed by atoms with van der Waals surface area (Å²) in [6.45, 7) is 3.54. The summed E-state index contributed by atoms with van der Waals surface area (Å²) in [6, 6.07) is 0. The Kier molecular flexibility index (Phi) is 29.5. The number of phosphoric ester groups is 1. The van der Waals surface area contributed by atoms with Crippen LogP contribution < -0.4 is 0 Å². The van der Waals surface area contributed by atoms with Gasteiger partial charge in [-0.1, -0.05) is 154 Å². The molecule has 0 aliphatic heterocycles. The summed E-state index contributed by atoms with van der Waals surface area (Å²) in [5.41, 5.74) is 0. The van der Waals surface area contributed by atoms with E-state index in [1.54, 1.807) is 12.2 Å². The van der Waals surface area contributed by atoms with Crippen LogP contribution in [0.4, 0.5) is 0 Å². The Bertz CT molecular complexity index is 761. The molecule has 0 amide bonds. The summed E-state index contributed by atoms with van der Waals surface area (Å²) in [5.74, 6) is -1.14. The van der Waals surface area contributed by atoms with Crippen LogP contribution in [0.5, 0.6) is 0 Å². The molecule has 0 bridgehead atoms. The lowest BCUT2D eigenvalue weighted by atomic mass is 10.1.